The number of hydrogen-bond acceptors (Lipinski definition) is 3. The van der Waals surface area contributed by atoms with Crippen LogP contribution >= 0.6 is 46.4 Å². The van der Waals surface area contributed by atoms with Gasteiger partial charge in [0.1, 0.15) is 0 Å². The van der Waals surface area contributed by atoms with Gasteiger partial charge in [0.2, 0.25) is 0 Å². The minimum Gasteiger partial charge on any atom is -0.386 e. The van der Waals surface area contributed by atoms with Crippen molar-refractivity contribution in [1.29, 1.82) is 0 Å². The molecule has 0 fully saturated rings. The van der Waals surface area contributed by atoms with E-state index in [0.29, 0.717) is 21.5 Å². The molecular formula is C22H10Cl4O3. The first-order valence-corrected chi connectivity index (χ1v) is 9.89. The second-order valence-electron chi connectivity index (χ2n) is 6.21. The highest BCUT2D eigenvalue weighted by atomic mass is 35.5. The van der Waals surface area contributed by atoms with E-state index in [1.807, 2.05) is 0 Å². The molecule has 144 valence electrons. The lowest BCUT2D eigenvalue weighted by molar-refractivity contribution is 0.0401. The van der Waals surface area contributed by atoms with Gasteiger partial charge in [-0.3, -0.25) is 0 Å². The molecule has 0 radical (unpaired) electrons. The highest BCUT2D eigenvalue weighted by Crippen LogP contribution is 2.36. The zero-order valence-electron chi connectivity index (χ0n) is 14.5. The summed E-state index contributed by atoms with van der Waals surface area (Å²) < 4.78 is 5.15. The molecular weight excluding hydrogens is 454 g/mol. The van der Waals surface area contributed by atoms with Gasteiger partial charge in [-0.15, -0.1) is 0 Å². The van der Waals surface area contributed by atoms with Crippen LogP contribution in [0.25, 0.3) is 21.5 Å². The van der Waals surface area contributed by atoms with Gasteiger partial charge in [-0.25, -0.2) is 9.59 Å². The van der Waals surface area contributed by atoms with Gasteiger partial charge in [0, 0.05) is 0 Å². The molecule has 0 aliphatic rings. The van der Waals surface area contributed by atoms with Gasteiger partial charge in [0.05, 0.1) is 31.2 Å². The lowest BCUT2D eigenvalue weighted by Gasteiger charge is -2.12. The van der Waals surface area contributed by atoms with Crippen LogP contribution in [0.15, 0.2) is 60.7 Å². The number of carbonyl (C=O) groups excluding carboxylic acids is 2. The summed E-state index contributed by atoms with van der Waals surface area (Å²) in [5.74, 6) is -1.86. The van der Waals surface area contributed by atoms with Crippen molar-refractivity contribution in [2.75, 3.05) is 0 Å². The number of halogens is 4. The number of hydrogen-bond donors (Lipinski definition) is 0. The molecule has 0 saturated heterocycles. The molecule has 29 heavy (non-hydrogen) atoms. The van der Waals surface area contributed by atoms with E-state index in [4.69, 9.17) is 51.1 Å². The van der Waals surface area contributed by atoms with E-state index >= 15 is 0 Å². The Balaban J connectivity index is 1.81. The second kappa shape index (κ2) is 7.85. The molecule has 0 N–H and O–H groups in total. The van der Waals surface area contributed by atoms with Gasteiger partial charge in [0.15, 0.2) is 0 Å². The molecule has 0 amide bonds. The third kappa shape index (κ3) is 3.56. The van der Waals surface area contributed by atoms with Crippen molar-refractivity contribution >= 4 is 79.9 Å². The lowest BCUT2D eigenvalue weighted by atomic mass is 10.0. The first kappa shape index (κ1) is 20.0. The van der Waals surface area contributed by atoms with Crippen LogP contribution in [-0.4, -0.2) is 11.9 Å². The Morgan fingerprint density at radius 3 is 1.41 bits per heavy atom. The van der Waals surface area contributed by atoms with Crippen LogP contribution in [0.1, 0.15) is 20.7 Å². The Hall–Kier alpha value is -2.30. The fourth-order valence-electron chi connectivity index (χ4n) is 3.16. The van der Waals surface area contributed by atoms with Crippen molar-refractivity contribution in [3.8, 4) is 0 Å². The Bertz CT molecular complexity index is 1210. The van der Waals surface area contributed by atoms with Gasteiger partial charge in [-0.1, -0.05) is 94.9 Å². The lowest BCUT2D eigenvalue weighted by Crippen LogP contribution is -2.15. The summed E-state index contributed by atoms with van der Waals surface area (Å²) in [5.41, 5.74) is 0.0103. The summed E-state index contributed by atoms with van der Waals surface area (Å²) in [5, 5.41) is 2.77. The monoisotopic (exact) mass is 462 g/mol. The topological polar surface area (TPSA) is 43.4 Å². The minimum atomic E-state index is -0.932. The number of ether oxygens (including phenoxy) is 1. The highest BCUT2D eigenvalue weighted by molar-refractivity contribution is 6.46. The Labute approximate surface area is 185 Å². The van der Waals surface area contributed by atoms with Crippen molar-refractivity contribution in [3.63, 3.8) is 0 Å². The Kier molecular flexibility index (Phi) is 5.41. The molecule has 0 atom stereocenters. The van der Waals surface area contributed by atoms with E-state index in [1.165, 1.54) is 0 Å². The molecule has 4 rings (SSSR count). The molecule has 0 unspecified atom stereocenters. The van der Waals surface area contributed by atoms with Crippen molar-refractivity contribution in [1.82, 2.24) is 0 Å². The predicted molar refractivity (Wildman–Crippen MR) is 118 cm³/mol. The molecule has 3 nitrogen and oxygen atoms in total. The van der Waals surface area contributed by atoms with Gasteiger partial charge in [-0.2, -0.15) is 0 Å². The first-order chi connectivity index (χ1) is 13.9. The summed E-state index contributed by atoms with van der Waals surface area (Å²) in [6.07, 6.45) is 0. The summed E-state index contributed by atoms with van der Waals surface area (Å²) in [4.78, 5) is 25.8. The smallest absolute Gasteiger partial charge is 0.348 e. The molecule has 4 aromatic rings. The third-order valence-electron chi connectivity index (χ3n) is 4.48. The predicted octanol–water partition coefficient (Wildman–Crippen LogP) is 7.60. The summed E-state index contributed by atoms with van der Waals surface area (Å²) in [6.45, 7) is 0. The maximum Gasteiger partial charge on any atom is 0.348 e. The van der Waals surface area contributed by atoms with E-state index in [2.05, 4.69) is 0 Å². The molecule has 7 heteroatoms. The van der Waals surface area contributed by atoms with Crippen molar-refractivity contribution in [2.45, 2.75) is 0 Å². The maximum absolute atomic E-state index is 12.9. The number of benzene rings is 4. The number of rotatable bonds is 2. The SMILES string of the molecule is O=C(OC(=O)c1c(Cl)c(Cl)cc2ccccc12)c1c(Cl)c(Cl)cc2ccccc12. The van der Waals surface area contributed by atoms with Gasteiger partial charge in [0.25, 0.3) is 0 Å². The molecule has 0 aliphatic heterocycles. The fraction of sp³-hybridized carbons (Fsp3) is 0. The second-order valence-corrected chi connectivity index (χ2v) is 7.78. The van der Waals surface area contributed by atoms with Crippen LogP contribution < -0.4 is 0 Å². The number of fused-ring (bicyclic) bond motifs is 2. The summed E-state index contributed by atoms with van der Waals surface area (Å²) in [6, 6.07) is 17.3. The van der Waals surface area contributed by atoms with E-state index in [9.17, 15) is 9.59 Å². The normalized spacial score (nSPS) is 11.0. The van der Waals surface area contributed by atoms with Crippen molar-refractivity contribution in [2.24, 2.45) is 0 Å². The van der Waals surface area contributed by atoms with Gasteiger partial charge in [-0.05, 0) is 33.7 Å². The maximum atomic E-state index is 12.9. The molecule has 0 aromatic heterocycles. The highest BCUT2D eigenvalue weighted by Gasteiger charge is 2.25. The summed E-state index contributed by atoms with van der Waals surface area (Å²) in [7, 11) is 0. The quantitative estimate of drug-likeness (QED) is 0.227. The van der Waals surface area contributed by atoms with E-state index in [1.54, 1.807) is 60.7 Å². The van der Waals surface area contributed by atoms with Crippen LogP contribution in [-0.2, 0) is 4.74 Å². The third-order valence-corrected chi connectivity index (χ3v) is 6.05. The molecule has 0 saturated carbocycles. The largest absolute Gasteiger partial charge is 0.386 e. The van der Waals surface area contributed by atoms with Crippen LogP contribution in [0.4, 0.5) is 0 Å². The zero-order chi connectivity index (χ0) is 20.7. The average molecular weight is 464 g/mol. The molecule has 4 aromatic carbocycles. The van der Waals surface area contributed by atoms with E-state index in [0.717, 1.165) is 0 Å². The van der Waals surface area contributed by atoms with Crippen molar-refractivity contribution in [3.05, 3.63) is 91.9 Å². The molecule has 0 spiro atoms. The molecule has 0 heterocycles. The number of esters is 2. The Morgan fingerprint density at radius 2 is 1.00 bits per heavy atom. The summed E-state index contributed by atoms with van der Waals surface area (Å²) >= 11 is 24.8. The van der Waals surface area contributed by atoms with Gasteiger partial charge >= 0.3 is 11.9 Å². The molecule has 0 bridgehead atoms. The van der Waals surface area contributed by atoms with Crippen LogP contribution in [0.5, 0.6) is 0 Å². The van der Waals surface area contributed by atoms with Crippen LogP contribution in [0.2, 0.25) is 20.1 Å². The van der Waals surface area contributed by atoms with Crippen molar-refractivity contribution < 1.29 is 14.3 Å². The molecule has 0 aliphatic carbocycles. The van der Waals surface area contributed by atoms with E-state index in [-0.39, 0.29) is 31.2 Å². The van der Waals surface area contributed by atoms with Crippen LogP contribution in [0, 0.1) is 0 Å². The zero-order valence-corrected chi connectivity index (χ0v) is 17.5. The van der Waals surface area contributed by atoms with E-state index < -0.39 is 11.9 Å². The first-order valence-electron chi connectivity index (χ1n) is 8.38. The standard InChI is InChI=1S/C22H10Cl4O3/c23-15-9-11-5-1-3-7-13(11)17(19(15)25)21(27)29-22(28)18-14-8-4-2-6-12(14)10-16(24)20(18)26/h1-10H. The van der Waals surface area contributed by atoms with Crippen LogP contribution in [0.3, 0.4) is 0 Å². The average Bonchev–Trinajstić information content (AvgIpc) is 2.69. The number of carbonyl (C=O) groups is 2. The fourth-order valence-corrected chi connectivity index (χ4v) is 4.05. The Morgan fingerprint density at radius 1 is 0.621 bits per heavy atom. The minimum absolute atomic E-state index is 0.00483. The van der Waals surface area contributed by atoms with Gasteiger partial charge < -0.3 is 4.74 Å².